The zero-order valence-electron chi connectivity index (χ0n) is 24.5. The highest BCUT2D eigenvalue weighted by molar-refractivity contribution is 8.26. The van der Waals surface area contributed by atoms with Gasteiger partial charge in [0, 0.05) is 35.4 Å². The van der Waals surface area contributed by atoms with E-state index in [1.54, 1.807) is 0 Å². The lowest BCUT2D eigenvalue weighted by Crippen LogP contribution is -2.35. The van der Waals surface area contributed by atoms with Gasteiger partial charge in [-0.05, 0) is 105 Å². The van der Waals surface area contributed by atoms with E-state index in [1.165, 1.54) is 0 Å². The molecule has 0 amide bonds. The van der Waals surface area contributed by atoms with Crippen molar-refractivity contribution >= 4 is 33.8 Å². The molecule has 2 aliphatic rings. The zero-order chi connectivity index (χ0) is 30.7. The average molecular weight is 629 g/mol. The molecule has 0 spiro atoms. The number of ether oxygens (including phenoxy) is 2. The molecule has 7 aromatic rings. The molecule has 9 rings (SSSR count). The Labute approximate surface area is 272 Å². The molecule has 2 aliphatic heterocycles. The quantitative estimate of drug-likeness (QED) is 0.182. The van der Waals surface area contributed by atoms with Crippen LogP contribution in [0.5, 0.6) is 23.0 Å². The number of rotatable bonds is 4. The summed E-state index contributed by atoms with van der Waals surface area (Å²) in [5, 5.41) is 3.08. The number of nitrogens with zero attached hydrogens (tertiary/aromatic N) is 2. The van der Waals surface area contributed by atoms with Gasteiger partial charge < -0.3 is 9.47 Å². The second-order valence-electron chi connectivity index (χ2n) is 11.4. The zero-order valence-corrected chi connectivity index (χ0v) is 26.2. The SMILES string of the molecule is S=P12c3cc(-c4ccc(-c5ccncc5)cc4)ccc3Oc3cccc(c31)Oc1ccc(-c3ccc(-c4ccncc4)cc3)cc12. The summed E-state index contributed by atoms with van der Waals surface area (Å²) in [7, 11) is 0. The van der Waals surface area contributed by atoms with Crippen LogP contribution in [0.3, 0.4) is 0 Å². The summed E-state index contributed by atoms with van der Waals surface area (Å²) in [6.07, 6.45) is 7.28. The molecular weight excluding hydrogens is 603 g/mol. The van der Waals surface area contributed by atoms with E-state index in [2.05, 4.69) is 94.9 Å². The van der Waals surface area contributed by atoms with Crippen LogP contribution in [-0.4, -0.2) is 9.97 Å². The minimum absolute atomic E-state index is 0.778. The molecule has 5 aromatic carbocycles. The first-order chi connectivity index (χ1) is 22.6. The monoisotopic (exact) mass is 628 g/mol. The summed E-state index contributed by atoms with van der Waals surface area (Å²) in [4.78, 5) is 8.30. The summed E-state index contributed by atoms with van der Waals surface area (Å²) < 4.78 is 13.0. The minimum Gasteiger partial charge on any atom is -0.456 e. The predicted molar refractivity (Wildman–Crippen MR) is 190 cm³/mol. The van der Waals surface area contributed by atoms with Gasteiger partial charge in [-0.1, -0.05) is 78.5 Å². The fourth-order valence-electron chi connectivity index (χ4n) is 6.44. The second-order valence-corrected chi connectivity index (χ2v) is 15.7. The second kappa shape index (κ2) is 10.6. The first kappa shape index (κ1) is 27.0. The molecule has 0 saturated heterocycles. The number of benzene rings is 5. The van der Waals surface area contributed by atoms with Gasteiger partial charge >= 0.3 is 0 Å². The Bertz CT molecular complexity index is 2170. The number of pyridine rings is 2. The topological polar surface area (TPSA) is 44.2 Å². The van der Waals surface area contributed by atoms with Crippen molar-refractivity contribution in [2.45, 2.75) is 0 Å². The van der Waals surface area contributed by atoms with E-state index >= 15 is 0 Å². The highest BCUT2D eigenvalue weighted by atomic mass is 32.4. The number of fused-ring (bicyclic) bond motifs is 4. The van der Waals surface area contributed by atoms with Crippen LogP contribution < -0.4 is 25.4 Å². The van der Waals surface area contributed by atoms with Crippen LogP contribution in [0.4, 0.5) is 0 Å². The Kier molecular flexibility index (Phi) is 6.24. The van der Waals surface area contributed by atoms with Crippen LogP contribution in [0, 0.1) is 0 Å². The molecule has 4 heterocycles. The first-order valence-electron chi connectivity index (χ1n) is 15.1. The molecule has 0 saturated carbocycles. The Morgan fingerprint density at radius 2 is 0.739 bits per heavy atom. The predicted octanol–water partition coefficient (Wildman–Crippen LogP) is 9.11. The lowest BCUT2D eigenvalue weighted by molar-refractivity contribution is 0.466. The van der Waals surface area contributed by atoms with Gasteiger partial charge in [-0.2, -0.15) is 0 Å². The Balaban J connectivity index is 1.16. The largest absolute Gasteiger partial charge is 0.456 e. The Morgan fingerprint density at radius 3 is 1.15 bits per heavy atom. The lowest BCUT2D eigenvalue weighted by atomic mass is 10.0. The van der Waals surface area contributed by atoms with Gasteiger partial charge in [0.2, 0.25) is 0 Å². The van der Waals surface area contributed by atoms with Gasteiger partial charge in [0.05, 0.1) is 11.3 Å². The van der Waals surface area contributed by atoms with Crippen molar-refractivity contribution in [3.63, 3.8) is 0 Å². The van der Waals surface area contributed by atoms with Crippen molar-refractivity contribution in [3.8, 4) is 67.5 Å². The summed E-state index contributed by atoms with van der Waals surface area (Å²) in [6, 6.07) is 41.7. The van der Waals surface area contributed by atoms with E-state index < -0.39 is 6.04 Å². The van der Waals surface area contributed by atoms with E-state index in [0.29, 0.717) is 0 Å². The normalized spacial score (nSPS) is 13.4. The van der Waals surface area contributed by atoms with Gasteiger partial charge in [0.1, 0.15) is 23.0 Å². The highest BCUT2D eigenvalue weighted by Gasteiger charge is 2.42. The molecule has 6 heteroatoms. The van der Waals surface area contributed by atoms with E-state index in [4.69, 9.17) is 21.3 Å². The van der Waals surface area contributed by atoms with Crippen molar-refractivity contribution in [1.29, 1.82) is 0 Å². The minimum atomic E-state index is -2.56. The van der Waals surface area contributed by atoms with Crippen molar-refractivity contribution < 1.29 is 9.47 Å². The van der Waals surface area contributed by atoms with E-state index in [1.807, 2.05) is 67.3 Å². The van der Waals surface area contributed by atoms with Crippen molar-refractivity contribution in [3.05, 3.63) is 152 Å². The maximum atomic E-state index is 6.89. The number of aromatic nitrogens is 2. The lowest BCUT2D eigenvalue weighted by Gasteiger charge is -2.37. The Morgan fingerprint density at radius 1 is 0.391 bits per heavy atom. The summed E-state index contributed by atoms with van der Waals surface area (Å²) in [5.74, 6) is 3.18. The van der Waals surface area contributed by atoms with E-state index in [9.17, 15) is 0 Å². The van der Waals surface area contributed by atoms with Gasteiger partial charge in [0.25, 0.3) is 0 Å². The fraction of sp³-hybridized carbons (Fsp3) is 0. The van der Waals surface area contributed by atoms with Crippen LogP contribution in [-0.2, 0) is 11.8 Å². The molecule has 4 nitrogen and oxygen atoms in total. The summed E-state index contributed by atoms with van der Waals surface area (Å²) in [5.41, 5.74) is 9.03. The van der Waals surface area contributed by atoms with Crippen LogP contribution in [0.25, 0.3) is 44.5 Å². The Hall–Kier alpha value is -5.35. The molecule has 0 fully saturated rings. The highest BCUT2D eigenvalue weighted by Crippen LogP contribution is 2.59. The van der Waals surface area contributed by atoms with Crippen molar-refractivity contribution in [2.75, 3.05) is 0 Å². The molecule has 0 N–H and O–H groups in total. The third-order valence-corrected chi connectivity index (χ3v) is 13.6. The van der Waals surface area contributed by atoms with Gasteiger partial charge in [-0.3, -0.25) is 9.97 Å². The molecule has 218 valence electrons. The standard InChI is InChI=1S/C40H25N2O2PS/c46-45-38-24-32(28-8-4-26(5-9-28)30-16-20-41-21-17-30)12-14-34(38)43-36-2-1-3-37(40(36)45)44-35-15-13-33(25-39(35)45)29-10-6-27(7-11-29)31-18-22-42-23-19-31/h1-25H. The van der Waals surface area contributed by atoms with Gasteiger partial charge in [-0.15, -0.1) is 0 Å². The maximum Gasteiger partial charge on any atom is 0.140 e. The molecule has 0 radical (unpaired) electrons. The van der Waals surface area contributed by atoms with Crippen molar-refractivity contribution in [1.82, 2.24) is 9.97 Å². The van der Waals surface area contributed by atoms with Gasteiger partial charge in [-0.25, -0.2) is 0 Å². The summed E-state index contributed by atoms with van der Waals surface area (Å²) in [6.45, 7) is 0. The molecule has 0 unspecified atom stereocenters. The van der Waals surface area contributed by atoms with Crippen LogP contribution in [0.15, 0.2) is 152 Å². The van der Waals surface area contributed by atoms with Crippen LogP contribution >= 0.6 is 6.04 Å². The fourth-order valence-corrected chi connectivity index (χ4v) is 10.9. The van der Waals surface area contributed by atoms with Crippen LogP contribution in [0.2, 0.25) is 0 Å². The van der Waals surface area contributed by atoms with E-state index in [0.717, 1.165) is 83.4 Å². The molecule has 0 aliphatic carbocycles. The van der Waals surface area contributed by atoms with Crippen LogP contribution in [0.1, 0.15) is 0 Å². The smallest absolute Gasteiger partial charge is 0.140 e. The molecular formula is C40H25N2O2PS. The van der Waals surface area contributed by atoms with E-state index in [-0.39, 0.29) is 0 Å². The first-order valence-corrected chi connectivity index (χ1v) is 17.9. The number of hydrogen-bond acceptors (Lipinski definition) is 5. The third kappa shape index (κ3) is 4.32. The summed E-state index contributed by atoms with van der Waals surface area (Å²) >= 11 is 6.89. The van der Waals surface area contributed by atoms with Gasteiger partial charge in [0.15, 0.2) is 0 Å². The average Bonchev–Trinajstić information content (AvgIpc) is 3.12. The third-order valence-electron chi connectivity index (χ3n) is 8.78. The number of hydrogen-bond donors (Lipinski definition) is 0. The maximum absolute atomic E-state index is 6.89. The molecule has 0 atom stereocenters. The molecule has 0 bridgehead atoms. The van der Waals surface area contributed by atoms with Crippen molar-refractivity contribution in [2.24, 2.45) is 0 Å². The molecule has 46 heavy (non-hydrogen) atoms. The molecule has 2 aromatic heterocycles.